The molecule has 0 radical (unpaired) electrons. The van der Waals surface area contributed by atoms with Crippen LogP contribution in [0.2, 0.25) is 0 Å². The van der Waals surface area contributed by atoms with Crippen molar-refractivity contribution in [2.75, 3.05) is 25.0 Å². The van der Waals surface area contributed by atoms with Gasteiger partial charge in [0.25, 0.3) is 0 Å². The van der Waals surface area contributed by atoms with E-state index in [-0.39, 0.29) is 11.9 Å². The molecule has 0 aliphatic carbocycles. The van der Waals surface area contributed by atoms with Crippen molar-refractivity contribution >= 4 is 11.8 Å². The Bertz CT molecular complexity index is 1190. The van der Waals surface area contributed by atoms with Crippen LogP contribution in [-0.4, -0.2) is 52.1 Å². The summed E-state index contributed by atoms with van der Waals surface area (Å²) in [5.41, 5.74) is 3.24. The van der Waals surface area contributed by atoms with E-state index in [9.17, 15) is 14.3 Å². The van der Waals surface area contributed by atoms with Gasteiger partial charge in [-0.2, -0.15) is 5.10 Å². The summed E-state index contributed by atoms with van der Waals surface area (Å²) in [6, 6.07) is 9.87. The average Bonchev–Trinajstić information content (AvgIpc) is 3.30. The fraction of sp³-hybridized carbons (Fsp3) is 0.385. The Balaban J connectivity index is 1.57. The summed E-state index contributed by atoms with van der Waals surface area (Å²) in [4.78, 5) is 15.8. The van der Waals surface area contributed by atoms with Gasteiger partial charge < -0.3 is 14.7 Å². The van der Waals surface area contributed by atoms with Crippen LogP contribution >= 0.6 is 0 Å². The third-order valence-electron chi connectivity index (χ3n) is 6.96. The highest BCUT2D eigenvalue weighted by Crippen LogP contribution is 2.45. The largest absolute Gasteiger partial charge is 0.465 e. The zero-order chi connectivity index (χ0) is 23.8. The summed E-state index contributed by atoms with van der Waals surface area (Å²) in [7, 11) is 2.14. The summed E-state index contributed by atoms with van der Waals surface area (Å²) in [5.74, 6) is 0.761. The molecule has 1 saturated heterocycles. The van der Waals surface area contributed by atoms with Crippen molar-refractivity contribution in [2.45, 2.75) is 44.7 Å². The number of benzene rings is 2. The normalized spacial score (nSPS) is 19.1. The molecule has 0 saturated carbocycles. The maximum Gasteiger partial charge on any atom is 0.412 e. The minimum Gasteiger partial charge on any atom is -0.465 e. The first kappa shape index (κ1) is 22.4. The number of nitrogens with zero attached hydrogens (tertiary/aromatic N) is 4. The second-order valence-corrected chi connectivity index (χ2v) is 9.28. The van der Waals surface area contributed by atoms with Gasteiger partial charge in [0.2, 0.25) is 0 Å². The Morgan fingerprint density at radius 1 is 1.12 bits per heavy atom. The second-order valence-electron chi connectivity index (χ2n) is 9.28. The van der Waals surface area contributed by atoms with Crippen molar-refractivity contribution < 1.29 is 19.0 Å². The van der Waals surface area contributed by atoms with Crippen LogP contribution in [0.5, 0.6) is 11.5 Å². The van der Waals surface area contributed by atoms with Crippen LogP contribution in [0.1, 0.15) is 37.8 Å². The molecule has 178 valence electrons. The zero-order valence-electron chi connectivity index (χ0n) is 19.4. The number of halogens is 1. The SMILES string of the molecule is C[C@H]1CCc2c(ccc(-c3cnn(C4CCN(C)CC4)c3)c2Oc2ccc(F)cc2)N1C(=O)O. The van der Waals surface area contributed by atoms with Crippen LogP contribution in [0.4, 0.5) is 14.9 Å². The van der Waals surface area contributed by atoms with Crippen molar-refractivity contribution in [3.05, 3.63) is 60.2 Å². The van der Waals surface area contributed by atoms with Gasteiger partial charge in [-0.3, -0.25) is 9.58 Å². The molecule has 3 heterocycles. The molecule has 1 aromatic heterocycles. The highest BCUT2D eigenvalue weighted by molar-refractivity contribution is 5.91. The van der Waals surface area contributed by atoms with Gasteiger partial charge in [-0.05, 0) is 89.1 Å². The van der Waals surface area contributed by atoms with Gasteiger partial charge in [-0.15, -0.1) is 0 Å². The van der Waals surface area contributed by atoms with E-state index in [1.54, 1.807) is 12.1 Å². The molecule has 1 amide bonds. The van der Waals surface area contributed by atoms with Gasteiger partial charge in [0.15, 0.2) is 0 Å². The Kier molecular flexibility index (Phi) is 6.00. The predicted molar refractivity (Wildman–Crippen MR) is 128 cm³/mol. The molecular formula is C26H29FN4O3. The van der Waals surface area contributed by atoms with E-state index < -0.39 is 6.09 Å². The Labute approximate surface area is 198 Å². The van der Waals surface area contributed by atoms with Gasteiger partial charge >= 0.3 is 6.09 Å². The molecule has 0 bridgehead atoms. The summed E-state index contributed by atoms with van der Waals surface area (Å²) < 4.78 is 21.8. The lowest BCUT2D eigenvalue weighted by atomic mass is 9.92. The molecule has 5 rings (SSSR count). The van der Waals surface area contributed by atoms with Crippen molar-refractivity contribution in [3.8, 4) is 22.6 Å². The molecule has 1 fully saturated rings. The molecule has 3 aromatic rings. The Morgan fingerprint density at radius 3 is 2.56 bits per heavy atom. The fourth-order valence-corrected chi connectivity index (χ4v) is 5.00. The number of fused-ring (bicyclic) bond motifs is 1. The number of piperidine rings is 1. The lowest BCUT2D eigenvalue weighted by Crippen LogP contribution is -2.41. The number of carboxylic acid groups (broad SMARTS) is 1. The van der Waals surface area contributed by atoms with Crippen LogP contribution in [0.3, 0.4) is 0 Å². The number of likely N-dealkylation sites (tertiary alicyclic amines) is 1. The van der Waals surface area contributed by atoms with Crippen molar-refractivity contribution in [1.82, 2.24) is 14.7 Å². The van der Waals surface area contributed by atoms with E-state index in [4.69, 9.17) is 4.74 Å². The predicted octanol–water partition coefficient (Wildman–Crippen LogP) is 5.57. The molecule has 2 aliphatic heterocycles. The minimum absolute atomic E-state index is 0.123. The first-order chi connectivity index (χ1) is 16.4. The molecule has 7 nitrogen and oxygen atoms in total. The minimum atomic E-state index is -0.982. The van der Waals surface area contributed by atoms with Crippen molar-refractivity contribution in [3.63, 3.8) is 0 Å². The first-order valence-electron chi connectivity index (χ1n) is 11.7. The van der Waals surface area contributed by atoms with Crippen LogP contribution in [0.25, 0.3) is 11.1 Å². The number of rotatable bonds is 4. The molecule has 0 spiro atoms. The Hall–Kier alpha value is -3.39. The quantitative estimate of drug-likeness (QED) is 0.547. The van der Waals surface area contributed by atoms with Gasteiger partial charge in [0.1, 0.15) is 17.3 Å². The maximum atomic E-state index is 13.5. The summed E-state index contributed by atoms with van der Waals surface area (Å²) >= 11 is 0. The van der Waals surface area contributed by atoms with E-state index in [2.05, 4.69) is 23.2 Å². The molecule has 0 unspecified atom stereocenters. The summed E-state index contributed by atoms with van der Waals surface area (Å²) in [6.45, 7) is 4.00. The summed E-state index contributed by atoms with van der Waals surface area (Å²) in [6.07, 6.45) is 6.39. The third kappa shape index (κ3) is 4.25. The van der Waals surface area contributed by atoms with E-state index in [0.717, 1.165) is 42.6 Å². The highest BCUT2D eigenvalue weighted by atomic mass is 19.1. The molecular weight excluding hydrogens is 435 g/mol. The van der Waals surface area contributed by atoms with E-state index in [0.29, 0.717) is 36.1 Å². The number of hydrogen-bond donors (Lipinski definition) is 1. The van der Waals surface area contributed by atoms with Crippen LogP contribution < -0.4 is 9.64 Å². The van der Waals surface area contributed by atoms with Crippen LogP contribution in [0, 0.1) is 5.82 Å². The van der Waals surface area contributed by atoms with Gasteiger partial charge in [-0.1, -0.05) is 0 Å². The number of anilines is 1. The molecule has 1 atom stereocenters. The molecule has 8 heteroatoms. The van der Waals surface area contributed by atoms with E-state index in [1.807, 2.05) is 29.9 Å². The number of ether oxygens (including phenoxy) is 1. The van der Waals surface area contributed by atoms with Gasteiger partial charge in [0, 0.05) is 28.9 Å². The lowest BCUT2D eigenvalue weighted by molar-refractivity contribution is 0.198. The van der Waals surface area contributed by atoms with Crippen molar-refractivity contribution in [1.29, 1.82) is 0 Å². The number of hydrogen-bond acceptors (Lipinski definition) is 4. The fourth-order valence-electron chi connectivity index (χ4n) is 5.00. The van der Waals surface area contributed by atoms with E-state index in [1.165, 1.54) is 17.0 Å². The molecule has 2 aliphatic rings. The zero-order valence-corrected chi connectivity index (χ0v) is 19.4. The molecule has 2 aromatic carbocycles. The van der Waals surface area contributed by atoms with E-state index >= 15 is 0 Å². The van der Waals surface area contributed by atoms with Crippen molar-refractivity contribution in [2.24, 2.45) is 0 Å². The number of amides is 1. The van der Waals surface area contributed by atoms with Gasteiger partial charge in [-0.25, -0.2) is 9.18 Å². The number of aromatic nitrogens is 2. The smallest absolute Gasteiger partial charge is 0.412 e. The van der Waals surface area contributed by atoms with Gasteiger partial charge in [0.05, 0.1) is 17.9 Å². The standard InChI is InChI=1S/C26H29FN4O3/c1-17-3-8-23-24(31(17)26(32)33)10-9-22(25(23)34-21-6-4-19(27)5-7-21)18-15-28-30(16-18)20-11-13-29(2)14-12-20/h4-7,9-10,15-17,20H,3,8,11-14H2,1-2H3,(H,32,33)/t17-/m0/s1. The van der Waals surface area contributed by atoms with Crippen LogP contribution in [-0.2, 0) is 6.42 Å². The monoisotopic (exact) mass is 464 g/mol. The molecule has 1 N–H and O–H groups in total. The Morgan fingerprint density at radius 2 is 1.85 bits per heavy atom. The summed E-state index contributed by atoms with van der Waals surface area (Å²) in [5, 5.41) is 14.5. The highest BCUT2D eigenvalue weighted by Gasteiger charge is 2.32. The second kappa shape index (κ2) is 9.10. The van der Waals surface area contributed by atoms with Crippen LogP contribution in [0.15, 0.2) is 48.8 Å². The maximum absolute atomic E-state index is 13.5. The molecule has 34 heavy (non-hydrogen) atoms. The third-order valence-corrected chi connectivity index (χ3v) is 6.96. The number of carbonyl (C=O) groups is 1. The first-order valence-corrected chi connectivity index (χ1v) is 11.7. The topological polar surface area (TPSA) is 70.8 Å². The average molecular weight is 465 g/mol. The lowest BCUT2D eigenvalue weighted by Gasteiger charge is -2.34.